The molecule has 0 spiro atoms. The molecule has 0 aliphatic carbocycles. The zero-order valence-electron chi connectivity index (χ0n) is 16.2. The maximum absolute atomic E-state index is 13.3. The Morgan fingerprint density at radius 2 is 1.52 bits per heavy atom. The van der Waals surface area contributed by atoms with E-state index < -0.39 is 11.9 Å². The van der Waals surface area contributed by atoms with Gasteiger partial charge in [0.15, 0.2) is 5.76 Å². The summed E-state index contributed by atoms with van der Waals surface area (Å²) in [7, 11) is 0. The van der Waals surface area contributed by atoms with Gasteiger partial charge in [0.2, 0.25) is 0 Å². The van der Waals surface area contributed by atoms with Crippen LogP contribution >= 0.6 is 0 Å². The van der Waals surface area contributed by atoms with Crippen molar-refractivity contribution >= 4 is 11.5 Å². The summed E-state index contributed by atoms with van der Waals surface area (Å²) in [5.41, 5.74) is 4.35. The first-order chi connectivity index (χ1) is 14.1. The van der Waals surface area contributed by atoms with Gasteiger partial charge < -0.3 is 10.0 Å². The van der Waals surface area contributed by atoms with E-state index in [0.717, 1.165) is 23.1 Å². The molecule has 1 amide bonds. The van der Waals surface area contributed by atoms with Gasteiger partial charge in [0, 0.05) is 12.1 Å². The molecule has 0 saturated heterocycles. The van der Waals surface area contributed by atoms with Gasteiger partial charge in [0.1, 0.15) is 5.82 Å². The SMILES string of the molecule is CCc1ccc(C2C(c3ccccc3)=C(O)C(=O)N2Cc2ccc(F)cc2)cc1. The minimum absolute atomic E-state index is 0.233. The lowest BCUT2D eigenvalue weighted by molar-refractivity contribution is -0.130. The molecule has 3 aromatic rings. The van der Waals surface area contributed by atoms with Gasteiger partial charge in [-0.05, 0) is 40.8 Å². The Balaban J connectivity index is 1.79. The molecule has 0 aromatic heterocycles. The van der Waals surface area contributed by atoms with Crippen LogP contribution < -0.4 is 0 Å². The van der Waals surface area contributed by atoms with Crippen molar-refractivity contribution in [1.29, 1.82) is 0 Å². The van der Waals surface area contributed by atoms with Crippen LogP contribution in [0.25, 0.3) is 5.57 Å². The number of aliphatic hydroxyl groups excluding tert-OH is 1. The predicted molar refractivity (Wildman–Crippen MR) is 112 cm³/mol. The Bertz CT molecular complexity index is 1040. The van der Waals surface area contributed by atoms with Crippen molar-refractivity contribution < 1.29 is 14.3 Å². The van der Waals surface area contributed by atoms with Crippen LogP contribution in [0.4, 0.5) is 4.39 Å². The number of hydrogen-bond donors (Lipinski definition) is 1. The molecule has 4 rings (SSSR count). The van der Waals surface area contributed by atoms with E-state index >= 15 is 0 Å². The number of hydrogen-bond acceptors (Lipinski definition) is 2. The number of nitrogens with zero attached hydrogens (tertiary/aromatic N) is 1. The van der Waals surface area contributed by atoms with Crippen molar-refractivity contribution in [3.8, 4) is 0 Å². The topological polar surface area (TPSA) is 40.5 Å². The van der Waals surface area contributed by atoms with E-state index in [2.05, 4.69) is 6.92 Å². The Morgan fingerprint density at radius 1 is 0.897 bits per heavy atom. The number of benzene rings is 3. The lowest BCUT2D eigenvalue weighted by Gasteiger charge is -2.27. The van der Waals surface area contributed by atoms with Gasteiger partial charge in [-0.15, -0.1) is 0 Å². The highest BCUT2D eigenvalue weighted by molar-refractivity contribution is 6.05. The third-order valence-electron chi connectivity index (χ3n) is 5.36. The van der Waals surface area contributed by atoms with Gasteiger partial charge in [-0.25, -0.2) is 4.39 Å². The van der Waals surface area contributed by atoms with E-state index in [-0.39, 0.29) is 18.1 Å². The van der Waals surface area contributed by atoms with E-state index in [4.69, 9.17) is 0 Å². The Kier molecular flexibility index (Phi) is 5.17. The summed E-state index contributed by atoms with van der Waals surface area (Å²) < 4.78 is 13.3. The molecular formula is C25H22FNO2. The lowest BCUT2D eigenvalue weighted by Crippen LogP contribution is -2.29. The minimum atomic E-state index is -0.419. The standard InChI is InChI=1S/C25H22FNO2/c1-2-17-8-12-20(13-9-17)23-22(19-6-4-3-5-7-19)24(28)25(29)27(23)16-18-10-14-21(26)15-11-18/h3-15,23,28H,2,16H2,1H3. The van der Waals surface area contributed by atoms with Crippen molar-refractivity contribution in [1.82, 2.24) is 4.90 Å². The zero-order chi connectivity index (χ0) is 20.4. The average Bonchev–Trinajstić information content (AvgIpc) is 3.01. The second-order valence-corrected chi connectivity index (χ2v) is 7.19. The van der Waals surface area contributed by atoms with E-state index in [0.29, 0.717) is 5.57 Å². The second kappa shape index (κ2) is 7.92. The first kappa shape index (κ1) is 18.9. The molecule has 1 heterocycles. The van der Waals surface area contributed by atoms with Crippen molar-refractivity contribution in [2.45, 2.75) is 25.9 Å². The van der Waals surface area contributed by atoms with Gasteiger partial charge >= 0.3 is 0 Å². The highest BCUT2D eigenvalue weighted by Crippen LogP contribution is 2.43. The summed E-state index contributed by atoms with van der Waals surface area (Å²) >= 11 is 0. The number of aryl methyl sites for hydroxylation is 1. The lowest BCUT2D eigenvalue weighted by atomic mass is 9.92. The van der Waals surface area contributed by atoms with Crippen LogP contribution in [0.3, 0.4) is 0 Å². The third-order valence-corrected chi connectivity index (χ3v) is 5.36. The Morgan fingerprint density at radius 3 is 2.14 bits per heavy atom. The monoisotopic (exact) mass is 387 g/mol. The van der Waals surface area contributed by atoms with Crippen LogP contribution in [0.15, 0.2) is 84.6 Å². The normalized spacial score (nSPS) is 16.6. The summed E-state index contributed by atoms with van der Waals surface area (Å²) in [5, 5.41) is 10.8. The Hall–Kier alpha value is -3.40. The number of carbonyl (C=O) groups is 1. The van der Waals surface area contributed by atoms with Crippen LogP contribution in [0.5, 0.6) is 0 Å². The molecule has 1 N–H and O–H groups in total. The summed E-state index contributed by atoms with van der Waals surface area (Å²) in [6.45, 7) is 2.37. The number of rotatable bonds is 5. The molecular weight excluding hydrogens is 365 g/mol. The quantitative estimate of drug-likeness (QED) is 0.633. The number of amides is 1. The number of aliphatic hydroxyl groups is 1. The van der Waals surface area contributed by atoms with Crippen LogP contribution in [0.2, 0.25) is 0 Å². The van der Waals surface area contributed by atoms with E-state index in [9.17, 15) is 14.3 Å². The first-order valence-corrected chi connectivity index (χ1v) is 9.71. The van der Waals surface area contributed by atoms with Crippen molar-refractivity contribution in [2.24, 2.45) is 0 Å². The van der Waals surface area contributed by atoms with Crippen LogP contribution in [-0.2, 0) is 17.8 Å². The number of halogens is 1. The van der Waals surface area contributed by atoms with Gasteiger partial charge in [0.25, 0.3) is 5.91 Å². The average molecular weight is 387 g/mol. The van der Waals surface area contributed by atoms with Crippen LogP contribution in [-0.4, -0.2) is 15.9 Å². The molecule has 1 unspecified atom stereocenters. The van der Waals surface area contributed by atoms with Gasteiger partial charge in [0.05, 0.1) is 6.04 Å². The van der Waals surface area contributed by atoms with Gasteiger partial charge in [-0.3, -0.25) is 4.79 Å². The summed E-state index contributed by atoms with van der Waals surface area (Å²) in [4.78, 5) is 14.7. The largest absolute Gasteiger partial charge is 0.503 e. The maximum atomic E-state index is 13.3. The molecule has 29 heavy (non-hydrogen) atoms. The highest BCUT2D eigenvalue weighted by Gasteiger charge is 2.40. The molecule has 3 aromatic carbocycles. The van der Waals surface area contributed by atoms with E-state index in [1.54, 1.807) is 17.0 Å². The highest BCUT2D eigenvalue weighted by atomic mass is 19.1. The summed E-state index contributed by atoms with van der Waals surface area (Å²) in [6, 6.07) is 23.3. The molecule has 1 aliphatic rings. The fourth-order valence-corrected chi connectivity index (χ4v) is 3.80. The first-order valence-electron chi connectivity index (χ1n) is 9.71. The molecule has 0 radical (unpaired) electrons. The van der Waals surface area contributed by atoms with Crippen molar-refractivity contribution in [2.75, 3.05) is 0 Å². The maximum Gasteiger partial charge on any atom is 0.290 e. The molecule has 0 saturated carbocycles. The summed E-state index contributed by atoms with van der Waals surface area (Å²) in [5.74, 6) is -0.972. The molecule has 4 heteroatoms. The van der Waals surface area contributed by atoms with Crippen LogP contribution in [0, 0.1) is 5.82 Å². The number of carbonyl (C=O) groups excluding carboxylic acids is 1. The van der Waals surface area contributed by atoms with E-state index in [1.165, 1.54) is 17.7 Å². The third kappa shape index (κ3) is 3.66. The molecule has 0 bridgehead atoms. The second-order valence-electron chi connectivity index (χ2n) is 7.19. The molecule has 146 valence electrons. The van der Waals surface area contributed by atoms with Crippen molar-refractivity contribution in [3.63, 3.8) is 0 Å². The fraction of sp³-hybridized carbons (Fsp3) is 0.160. The summed E-state index contributed by atoms with van der Waals surface area (Å²) in [6.07, 6.45) is 0.926. The molecule has 1 aliphatic heterocycles. The molecule has 3 nitrogen and oxygen atoms in total. The van der Waals surface area contributed by atoms with Crippen LogP contribution in [0.1, 0.15) is 35.2 Å². The van der Waals surface area contributed by atoms with Gasteiger partial charge in [-0.2, -0.15) is 0 Å². The Labute approximate surface area is 169 Å². The van der Waals surface area contributed by atoms with Gasteiger partial charge in [-0.1, -0.05) is 73.7 Å². The predicted octanol–water partition coefficient (Wildman–Crippen LogP) is 5.44. The molecule has 0 fully saturated rings. The minimum Gasteiger partial charge on any atom is -0.503 e. The smallest absolute Gasteiger partial charge is 0.290 e. The fourth-order valence-electron chi connectivity index (χ4n) is 3.80. The molecule has 1 atom stereocenters. The van der Waals surface area contributed by atoms with Crippen molar-refractivity contribution in [3.05, 3.63) is 113 Å². The zero-order valence-corrected chi connectivity index (χ0v) is 16.2. The van der Waals surface area contributed by atoms with E-state index in [1.807, 2.05) is 54.6 Å².